The number of aliphatic hydroxyl groups is 6. The van der Waals surface area contributed by atoms with E-state index >= 15 is 0 Å². The molecule has 1 fully saturated rings. The van der Waals surface area contributed by atoms with Gasteiger partial charge in [0.05, 0.1) is 12.7 Å². The van der Waals surface area contributed by atoms with Crippen molar-refractivity contribution in [1.82, 2.24) is 0 Å². The summed E-state index contributed by atoms with van der Waals surface area (Å²) in [5.41, 5.74) is 0. The third-order valence-corrected chi connectivity index (χ3v) is 11.3. The van der Waals surface area contributed by atoms with Crippen LogP contribution in [0.5, 0.6) is 0 Å². The molecule has 0 amide bonds. The van der Waals surface area contributed by atoms with Gasteiger partial charge in [-0.3, -0.25) is 18.6 Å². The van der Waals surface area contributed by atoms with Crippen LogP contribution in [0.1, 0.15) is 149 Å². The number of hydrogen-bond donors (Lipinski definition) is 7. The summed E-state index contributed by atoms with van der Waals surface area (Å²) in [7, 11) is -5.15. The van der Waals surface area contributed by atoms with Crippen LogP contribution in [0, 0.1) is 0 Å². The second-order valence-electron chi connectivity index (χ2n) is 16.1. The first-order valence-electron chi connectivity index (χ1n) is 23.5. The number of hydrogen-bond acceptors (Lipinski definition) is 13. The lowest BCUT2D eigenvalue weighted by molar-refractivity contribution is -0.220. The van der Waals surface area contributed by atoms with E-state index in [2.05, 4.69) is 74.6 Å². The van der Waals surface area contributed by atoms with Crippen LogP contribution in [-0.4, -0.2) is 110 Å². The van der Waals surface area contributed by atoms with Crippen LogP contribution in [0.2, 0.25) is 0 Å². The summed E-state index contributed by atoms with van der Waals surface area (Å²) < 4.78 is 33.4. The highest BCUT2D eigenvalue weighted by molar-refractivity contribution is 7.47. The molecule has 7 N–H and O–H groups in total. The van der Waals surface area contributed by atoms with Crippen LogP contribution in [0.25, 0.3) is 0 Å². The van der Waals surface area contributed by atoms with E-state index in [4.69, 9.17) is 18.5 Å². The minimum atomic E-state index is -5.15. The lowest BCUT2D eigenvalue weighted by Crippen LogP contribution is -2.64. The Morgan fingerprint density at radius 3 is 1.53 bits per heavy atom. The average Bonchev–Trinajstić information content (AvgIpc) is 3.27. The van der Waals surface area contributed by atoms with Crippen molar-refractivity contribution >= 4 is 19.8 Å². The third-order valence-electron chi connectivity index (χ3n) is 10.3. The molecule has 1 rings (SSSR count). The zero-order chi connectivity index (χ0) is 47.3. The van der Waals surface area contributed by atoms with Crippen molar-refractivity contribution in [2.75, 3.05) is 13.2 Å². The molecule has 4 unspecified atom stereocenters. The summed E-state index contributed by atoms with van der Waals surface area (Å²) in [4.78, 5) is 35.7. The normalized spacial score (nSPS) is 22.8. The number of unbranched alkanes of at least 4 members (excludes halogenated alkanes) is 8. The van der Waals surface area contributed by atoms with Gasteiger partial charge in [-0.1, -0.05) is 131 Å². The summed E-state index contributed by atoms with van der Waals surface area (Å²) in [5.74, 6) is -1.22. The minimum absolute atomic E-state index is 0.00395. The number of allylic oxidation sites excluding steroid dienone is 13. The fraction of sp³-hybridized carbons (Fsp3) is 0.673. The maximum absolute atomic E-state index is 12.8. The highest BCUT2D eigenvalue weighted by Crippen LogP contribution is 2.47. The van der Waals surface area contributed by atoms with Crippen molar-refractivity contribution in [2.45, 2.75) is 198 Å². The van der Waals surface area contributed by atoms with E-state index in [1.165, 1.54) is 19.3 Å². The first kappa shape index (κ1) is 59.0. The molecule has 0 aromatic carbocycles. The number of rotatable bonds is 37. The number of esters is 2. The number of phosphoric acid groups is 1. The molecule has 0 aliphatic heterocycles. The number of aliphatic hydroxyl groups excluding tert-OH is 6. The van der Waals surface area contributed by atoms with Gasteiger partial charge in [-0.25, -0.2) is 4.57 Å². The van der Waals surface area contributed by atoms with Crippen LogP contribution in [-0.2, 0) is 32.7 Å². The minimum Gasteiger partial charge on any atom is -0.462 e. The maximum Gasteiger partial charge on any atom is 0.472 e. The Balaban J connectivity index is 2.53. The van der Waals surface area contributed by atoms with E-state index in [0.29, 0.717) is 25.7 Å². The predicted molar refractivity (Wildman–Crippen MR) is 250 cm³/mol. The molecule has 9 atom stereocenters. The highest BCUT2D eigenvalue weighted by Gasteiger charge is 2.51. The first-order valence-corrected chi connectivity index (χ1v) is 25.0. The van der Waals surface area contributed by atoms with Crippen LogP contribution in [0.15, 0.2) is 85.1 Å². The second-order valence-corrected chi connectivity index (χ2v) is 17.5. The van der Waals surface area contributed by atoms with Crippen molar-refractivity contribution in [2.24, 2.45) is 0 Å². The zero-order valence-electron chi connectivity index (χ0n) is 38.4. The number of carbonyl (C=O) groups is 2. The Morgan fingerprint density at radius 2 is 1.00 bits per heavy atom. The van der Waals surface area contributed by atoms with E-state index in [0.717, 1.165) is 77.0 Å². The summed E-state index contributed by atoms with van der Waals surface area (Å²) in [5, 5.41) is 59.9. The Bertz CT molecular complexity index is 1460. The molecular weight excluding hydrogens is 843 g/mol. The molecule has 0 heterocycles. The van der Waals surface area contributed by atoms with E-state index in [1.54, 1.807) is 0 Å². The maximum atomic E-state index is 12.8. The molecule has 1 aliphatic carbocycles. The molecule has 1 aliphatic rings. The first-order chi connectivity index (χ1) is 30.8. The van der Waals surface area contributed by atoms with Gasteiger partial charge in [-0.2, -0.15) is 0 Å². The van der Waals surface area contributed by atoms with Crippen molar-refractivity contribution < 1.29 is 68.2 Å². The Kier molecular flexibility index (Phi) is 35.2. The molecule has 1 saturated carbocycles. The quantitative estimate of drug-likeness (QED) is 0.0135. The average molecular weight is 925 g/mol. The standard InChI is InChI=1S/C49H81O14P/c1-3-5-6-7-8-9-10-11-12-13-14-17-20-23-26-29-32-36-42(51)60-38-41(39-61-64(58,59)63-49-47(56)45(54)44(53)46(55)48(49)57)62-43(52)37-33-30-27-24-21-18-15-16-19-22-25-28-31-35-40(50)34-4-2/h8-9,11-12,14-15,17-19,22,24,27-28,31,40-41,44-50,53-57H,3-7,10,13,16,20-21,23,25-26,29-30,32-39H2,1-2H3,(H,58,59)/b9-8-,12-11-,17-14-,18-15-,22-19-,27-24-,31-28-/t40?,41-,44?,45-,46+,47-,48-,49?/m1/s1. The van der Waals surface area contributed by atoms with Crippen molar-refractivity contribution in [3.05, 3.63) is 85.1 Å². The molecule has 14 nitrogen and oxygen atoms in total. The van der Waals surface area contributed by atoms with Gasteiger partial charge in [0.15, 0.2) is 6.10 Å². The summed E-state index contributed by atoms with van der Waals surface area (Å²) >= 11 is 0. The topological polar surface area (TPSA) is 230 Å². The van der Waals surface area contributed by atoms with E-state index in [9.17, 15) is 49.7 Å². The SMILES string of the molecule is CCCCC/C=C\C/C=C\C/C=C\CCCCCCC(=O)OC[C@H](COP(=O)(O)OC1[C@H](O)[C@H](O)C(O)[C@H](O)[C@H]1O)OC(=O)CCC/C=C\C/C=C\C/C=C\C/C=C\CC(O)CCC. The van der Waals surface area contributed by atoms with E-state index in [1.807, 2.05) is 24.3 Å². The van der Waals surface area contributed by atoms with E-state index < -0.39 is 75.7 Å². The van der Waals surface area contributed by atoms with Crippen molar-refractivity contribution in [3.63, 3.8) is 0 Å². The lowest BCUT2D eigenvalue weighted by atomic mass is 9.85. The molecule has 0 aromatic heterocycles. The monoisotopic (exact) mass is 925 g/mol. The van der Waals surface area contributed by atoms with Gasteiger partial charge in [-0.15, -0.1) is 0 Å². The number of ether oxygens (including phenoxy) is 2. The molecule has 0 radical (unpaired) electrons. The van der Waals surface area contributed by atoms with Gasteiger partial charge >= 0.3 is 19.8 Å². The smallest absolute Gasteiger partial charge is 0.462 e. The Morgan fingerprint density at radius 1 is 0.547 bits per heavy atom. The Labute approximate surface area is 382 Å². The largest absolute Gasteiger partial charge is 0.472 e. The van der Waals surface area contributed by atoms with E-state index in [-0.39, 0.29) is 18.9 Å². The van der Waals surface area contributed by atoms with Crippen LogP contribution >= 0.6 is 7.82 Å². The van der Waals surface area contributed by atoms with Crippen LogP contribution < -0.4 is 0 Å². The van der Waals surface area contributed by atoms with Gasteiger partial charge in [0.25, 0.3) is 0 Å². The van der Waals surface area contributed by atoms with Gasteiger partial charge in [-0.05, 0) is 89.9 Å². The zero-order valence-corrected chi connectivity index (χ0v) is 39.3. The summed E-state index contributed by atoms with van der Waals surface area (Å²) in [6.07, 6.45) is 32.7. The number of carbonyl (C=O) groups excluding carboxylic acids is 2. The fourth-order valence-corrected chi connectivity index (χ4v) is 7.45. The molecule has 64 heavy (non-hydrogen) atoms. The second kappa shape index (κ2) is 38.1. The van der Waals surface area contributed by atoms with Gasteiger partial charge in [0.1, 0.15) is 43.2 Å². The third kappa shape index (κ3) is 30.2. The molecule has 0 spiro atoms. The lowest BCUT2D eigenvalue weighted by Gasteiger charge is -2.41. The highest BCUT2D eigenvalue weighted by atomic mass is 31.2. The van der Waals surface area contributed by atoms with Crippen LogP contribution in [0.4, 0.5) is 0 Å². The van der Waals surface area contributed by atoms with Crippen molar-refractivity contribution in [1.29, 1.82) is 0 Å². The van der Waals surface area contributed by atoms with Gasteiger partial charge < -0.3 is 45.0 Å². The summed E-state index contributed by atoms with van der Waals surface area (Å²) in [6, 6.07) is 0. The molecule has 0 saturated heterocycles. The number of phosphoric ester groups is 1. The van der Waals surface area contributed by atoms with Crippen molar-refractivity contribution in [3.8, 4) is 0 Å². The van der Waals surface area contributed by atoms with Crippen LogP contribution in [0.3, 0.4) is 0 Å². The fourth-order valence-electron chi connectivity index (χ4n) is 6.48. The molecule has 15 heteroatoms. The van der Waals surface area contributed by atoms with Gasteiger partial charge in [0, 0.05) is 12.8 Å². The molecule has 0 bridgehead atoms. The molecule has 366 valence electrons. The summed E-state index contributed by atoms with van der Waals surface area (Å²) in [6.45, 7) is 2.99. The molecule has 0 aromatic rings. The van der Waals surface area contributed by atoms with Gasteiger partial charge in [0.2, 0.25) is 0 Å². The molecular formula is C49H81O14P. The Hall–Kier alpha value is -3.01. The predicted octanol–water partition coefficient (Wildman–Crippen LogP) is 8.25.